The Morgan fingerprint density at radius 2 is 2.38 bits per heavy atom. The predicted octanol–water partition coefficient (Wildman–Crippen LogP) is 0.186. The van der Waals surface area contributed by atoms with Gasteiger partial charge in [0.25, 0.3) is 0 Å². The minimum Gasteiger partial charge on any atom is -0.383 e. The van der Waals surface area contributed by atoms with Crippen molar-refractivity contribution in [1.29, 1.82) is 0 Å². The topological polar surface area (TPSA) is 59.1 Å². The molecule has 0 unspecified atom stereocenters. The minimum absolute atomic E-state index is 0.749. The summed E-state index contributed by atoms with van der Waals surface area (Å²) in [6.45, 7) is 3.40. The molecule has 0 radical (unpaired) electrons. The number of anilines is 1. The summed E-state index contributed by atoms with van der Waals surface area (Å²) in [5.41, 5.74) is 0. The van der Waals surface area contributed by atoms with E-state index in [2.05, 4.69) is 20.0 Å². The Bertz CT molecular complexity index is 204. The molecule has 0 saturated heterocycles. The molecule has 0 spiro atoms. The maximum Gasteiger partial charge on any atom is 0.202 e. The monoisotopic (exact) mass is 202 g/mol. The normalized spacial score (nSPS) is 10.2. The van der Waals surface area contributed by atoms with Crippen LogP contribution in [0.2, 0.25) is 0 Å². The van der Waals surface area contributed by atoms with E-state index in [4.69, 9.17) is 4.74 Å². The quantitative estimate of drug-likeness (QED) is 0.618. The Morgan fingerprint density at radius 3 is 3.08 bits per heavy atom. The van der Waals surface area contributed by atoms with Crippen molar-refractivity contribution in [3.8, 4) is 0 Å². The third-order valence-corrected chi connectivity index (χ3v) is 2.04. The molecule has 0 bridgehead atoms. The lowest BCUT2D eigenvalue weighted by atomic mass is 10.6. The van der Waals surface area contributed by atoms with Crippen LogP contribution in [0.1, 0.15) is 0 Å². The molecule has 2 N–H and O–H groups in total. The number of nitrogens with zero attached hydrogens (tertiary/aromatic N) is 2. The van der Waals surface area contributed by atoms with Gasteiger partial charge in [-0.2, -0.15) is 4.37 Å². The highest BCUT2D eigenvalue weighted by Gasteiger charge is 1.92. The second-order valence-electron chi connectivity index (χ2n) is 2.42. The van der Waals surface area contributed by atoms with Gasteiger partial charge in [-0.05, 0) is 0 Å². The second-order valence-corrected chi connectivity index (χ2v) is 3.20. The van der Waals surface area contributed by atoms with Gasteiger partial charge >= 0.3 is 0 Å². The fraction of sp³-hybridized carbons (Fsp3) is 0.714. The van der Waals surface area contributed by atoms with Crippen molar-refractivity contribution in [2.24, 2.45) is 0 Å². The summed E-state index contributed by atoms with van der Waals surface area (Å²) < 4.78 is 8.77. The summed E-state index contributed by atoms with van der Waals surface area (Å²) in [4.78, 5) is 3.99. The van der Waals surface area contributed by atoms with Crippen LogP contribution in [0.5, 0.6) is 0 Å². The van der Waals surface area contributed by atoms with Gasteiger partial charge in [-0.25, -0.2) is 4.98 Å². The third kappa shape index (κ3) is 4.76. The molecule has 0 saturated carbocycles. The maximum atomic E-state index is 4.89. The van der Waals surface area contributed by atoms with Gasteiger partial charge in [0, 0.05) is 38.3 Å². The number of hydrogen-bond acceptors (Lipinski definition) is 6. The molecule has 0 aliphatic carbocycles. The summed E-state index contributed by atoms with van der Waals surface area (Å²) >= 11 is 1.37. The van der Waals surface area contributed by atoms with E-state index in [0.717, 1.165) is 31.4 Å². The van der Waals surface area contributed by atoms with E-state index in [1.54, 1.807) is 13.4 Å². The van der Waals surface area contributed by atoms with Gasteiger partial charge < -0.3 is 15.4 Å². The van der Waals surface area contributed by atoms with Crippen LogP contribution in [-0.2, 0) is 4.74 Å². The molecule has 5 nitrogen and oxygen atoms in total. The molecule has 1 rings (SSSR count). The van der Waals surface area contributed by atoms with E-state index in [0.29, 0.717) is 0 Å². The largest absolute Gasteiger partial charge is 0.383 e. The Hall–Kier alpha value is -0.720. The van der Waals surface area contributed by atoms with Crippen LogP contribution in [-0.4, -0.2) is 42.7 Å². The van der Waals surface area contributed by atoms with Gasteiger partial charge in [0.1, 0.15) is 6.33 Å². The van der Waals surface area contributed by atoms with E-state index < -0.39 is 0 Å². The summed E-state index contributed by atoms with van der Waals surface area (Å²) in [7, 11) is 1.70. The molecule has 13 heavy (non-hydrogen) atoms. The molecule has 0 atom stereocenters. The Labute approximate surface area is 81.7 Å². The van der Waals surface area contributed by atoms with Crippen LogP contribution in [0.4, 0.5) is 5.13 Å². The number of ether oxygens (including phenoxy) is 1. The van der Waals surface area contributed by atoms with Gasteiger partial charge in [-0.3, -0.25) is 0 Å². The maximum absolute atomic E-state index is 4.89. The van der Waals surface area contributed by atoms with Crippen molar-refractivity contribution in [3.05, 3.63) is 6.33 Å². The number of nitrogens with one attached hydrogen (secondary N) is 2. The summed E-state index contributed by atoms with van der Waals surface area (Å²) in [5.74, 6) is 0. The first kappa shape index (κ1) is 10.4. The molecule has 1 aromatic heterocycles. The van der Waals surface area contributed by atoms with Gasteiger partial charge in [-0.15, -0.1) is 0 Å². The third-order valence-electron chi connectivity index (χ3n) is 1.42. The van der Waals surface area contributed by atoms with Gasteiger partial charge in [0.15, 0.2) is 0 Å². The first-order chi connectivity index (χ1) is 6.43. The zero-order valence-corrected chi connectivity index (χ0v) is 8.43. The standard InChI is InChI=1S/C7H14N4OS/c1-12-5-4-8-2-3-9-7-10-6-11-13-7/h6,8H,2-5H2,1H3,(H,9,10,11). The van der Waals surface area contributed by atoms with Crippen molar-refractivity contribution >= 4 is 16.7 Å². The molecule has 74 valence electrons. The molecule has 0 aromatic carbocycles. The smallest absolute Gasteiger partial charge is 0.202 e. The van der Waals surface area contributed by atoms with Crippen molar-refractivity contribution in [3.63, 3.8) is 0 Å². The van der Waals surface area contributed by atoms with Gasteiger partial charge in [0.05, 0.1) is 6.61 Å². The van der Waals surface area contributed by atoms with Crippen molar-refractivity contribution in [2.45, 2.75) is 0 Å². The molecular formula is C7H14N4OS. The van der Waals surface area contributed by atoms with Crippen LogP contribution >= 0.6 is 11.5 Å². The van der Waals surface area contributed by atoms with Crippen LogP contribution < -0.4 is 10.6 Å². The Balaban J connectivity index is 1.90. The van der Waals surface area contributed by atoms with Gasteiger partial charge in [-0.1, -0.05) is 0 Å². The lowest BCUT2D eigenvalue weighted by Gasteiger charge is -2.03. The average Bonchev–Trinajstić information content (AvgIpc) is 2.63. The van der Waals surface area contributed by atoms with E-state index in [1.807, 2.05) is 0 Å². The number of aromatic nitrogens is 2. The minimum atomic E-state index is 0.749. The van der Waals surface area contributed by atoms with Crippen LogP contribution in [0.15, 0.2) is 6.33 Å². The van der Waals surface area contributed by atoms with Crippen molar-refractivity contribution in [1.82, 2.24) is 14.7 Å². The molecule has 6 heteroatoms. The first-order valence-electron chi connectivity index (χ1n) is 4.13. The van der Waals surface area contributed by atoms with E-state index >= 15 is 0 Å². The number of rotatable bonds is 7. The van der Waals surface area contributed by atoms with Crippen molar-refractivity contribution < 1.29 is 4.74 Å². The number of methoxy groups -OCH3 is 1. The lowest BCUT2D eigenvalue weighted by Crippen LogP contribution is -2.25. The summed E-state index contributed by atoms with van der Waals surface area (Å²) in [5, 5.41) is 7.23. The highest BCUT2D eigenvalue weighted by Crippen LogP contribution is 2.04. The summed E-state index contributed by atoms with van der Waals surface area (Å²) in [6.07, 6.45) is 1.55. The zero-order valence-electron chi connectivity index (χ0n) is 7.62. The first-order valence-corrected chi connectivity index (χ1v) is 4.91. The highest BCUT2D eigenvalue weighted by molar-refractivity contribution is 7.09. The fourth-order valence-corrected chi connectivity index (χ4v) is 1.26. The zero-order chi connectivity index (χ0) is 9.36. The molecule has 1 aromatic rings. The molecule has 0 aliphatic heterocycles. The van der Waals surface area contributed by atoms with Crippen LogP contribution in [0, 0.1) is 0 Å². The van der Waals surface area contributed by atoms with E-state index in [1.165, 1.54) is 11.5 Å². The molecule has 1 heterocycles. The molecule has 0 amide bonds. The molecule has 0 fully saturated rings. The van der Waals surface area contributed by atoms with Gasteiger partial charge in [0.2, 0.25) is 5.13 Å². The average molecular weight is 202 g/mol. The van der Waals surface area contributed by atoms with E-state index in [-0.39, 0.29) is 0 Å². The molecule has 0 aliphatic rings. The van der Waals surface area contributed by atoms with E-state index in [9.17, 15) is 0 Å². The number of hydrogen-bond donors (Lipinski definition) is 2. The SMILES string of the molecule is COCCNCCNc1ncns1. The lowest BCUT2D eigenvalue weighted by molar-refractivity contribution is 0.200. The van der Waals surface area contributed by atoms with Crippen LogP contribution in [0.25, 0.3) is 0 Å². The van der Waals surface area contributed by atoms with Crippen molar-refractivity contribution in [2.75, 3.05) is 38.7 Å². The Kier molecular flexibility index (Phi) is 5.39. The Morgan fingerprint density at radius 1 is 1.46 bits per heavy atom. The summed E-state index contributed by atoms with van der Waals surface area (Å²) in [6, 6.07) is 0. The predicted molar refractivity (Wildman–Crippen MR) is 53.1 cm³/mol. The van der Waals surface area contributed by atoms with Crippen LogP contribution in [0.3, 0.4) is 0 Å². The highest BCUT2D eigenvalue weighted by atomic mass is 32.1. The molecular weight excluding hydrogens is 188 g/mol. The fourth-order valence-electron chi connectivity index (χ4n) is 0.808. The second kappa shape index (κ2) is 6.76.